The van der Waals surface area contributed by atoms with Gasteiger partial charge in [-0.15, -0.1) is 0 Å². The van der Waals surface area contributed by atoms with Gasteiger partial charge in [-0.05, 0) is 18.9 Å². The fourth-order valence-corrected chi connectivity index (χ4v) is 3.43. The van der Waals surface area contributed by atoms with Crippen molar-refractivity contribution in [1.29, 1.82) is 0 Å². The molecule has 9 heteroatoms. The Hall–Kier alpha value is -3.36. The zero-order chi connectivity index (χ0) is 19.0. The molecule has 4 rings (SSSR count). The summed E-state index contributed by atoms with van der Waals surface area (Å²) < 4.78 is 1.66. The monoisotopic (exact) mass is 365 g/mol. The van der Waals surface area contributed by atoms with E-state index in [-0.39, 0.29) is 17.9 Å². The van der Waals surface area contributed by atoms with Crippen LogP contribution in [0.25, 0.3) is 5.65 Å². The lowest BCUT2D eigenvalue weighted by atomic mass is 10.1. The predicted molar refractivity (Wildman–Crippen MR) is 96.0 cm³/mol. The molecule has 9 nitrogen and oxygen atoms in total. The Balaban J connectivity index is 1.73. The number of amides is 2. The van der Waals surface area contributed by atoms with E-state index in [1.165, 1.54) is 29.7 Å². The van der Waals surface area contributed by atoms with E-state index in [4.69, 9.17) is 0 Å². The van der Waals surface area contributed by atoms with Crippen LogP contribution in [0.15, 0.2) is 37.1 Å². The van der Waals surface area contributed by atoms with E-state index in [0.29, 0.717) is 23.4 Å². The molecule has 4 heterocycles. The standard InChI is InChI=1S/C18H19N7O2/c1-23(2)17(26)12-10-22-25-15(5-6-21-16(12)25)14-4-3-9-24(14)18(27)13-11-19-7-8-20-13/h5-8,10-11,14H,3-4,9H2,1-2H3/t14-/m0/s1. The van der Waals surface area contributed by atoms with Gasteiger partial charge in [0.05, 0.1) is 24.1 Å². The molecule has 0 aromatic carbocycles. The van der Waals surface area contributed by atoms with E-state index in [0.717, 1.165) is 18.5 Å². The van der Waals surface area contributed by atoms with E-state index in [9.17, 15) is 9.59 Å². The fraction of sp³-hybridized carbons (Fsp3) is 0.333. The van der Waals surface area contributed by atoms with Crippen molar-refractivity contribution < 1.29 is 9.59 Å². The highest BCUT2D eigenvalue weighted by molar-refractivity contribution is 5.99. The topological polar surface area (TPSA) is 96.6 Å². The van der Waals surface area contributed by atoms with Crippen molar-refractivity contribution in [3.05, 3.63) is 54.0 Å². The second kappa shape index (κ2) is 6.75. The summed E-state index contributed by atoms with van der Waals surface area (Å²) in [4.78, 5) is 41.0. The van der Waals surface area contributed by atoms with Gasteiger partial charge in [0.2, 0.25) is 0 Å². The van der Waals surface area contributed by atoms with Crippen molar-refractivity contribution in [2.45, 2.75) is 18.9 Å². The minimum atomic E-state index is -0.160. The number of hydrogen-bond donors (Lipinski definition) is 0. The Kier molecular flexibility index (Phi) is 4.27. The van der Waals surface area contributed by atoms with Crippen LogP contribution in [-0.4, -0.2) is 66.8 Å². The highest BCUT2D eigenvalue weighted by Crippen LogP contribution is 2.33. The highest BCUT2D eigenvalue weighted by atomic mass is 16.2. The van der Waals surface area contributed by atoms with Crippen molar-refractivity contribution in [3.63, 3.8) is 0 Å². The maximum atomic E-state index is 12.9. The third-order valence-electron chi connectivity index (χ3n) is 4.70. The van der Waals surface area contributed by atoms with Crippen molar-refractivity contribution >= 4 is 17.5 Å². The largest absolute Gasteiger partial charge is 0.345 e. The molecule has 1 aliphatic rings. The SMILES string of the molecule is CN(C)C(=O)c1cnn2c([C@@H]3CCCN3C(=O)c3cnccn3)ccnc12. The van der Waals surface area contributed by atoms with E-state index >= 15 is 0 Å². The third-order valence-corrected chi connectivity index (χ3v) is 4.70. The van der Waals surface area contributed by atoms with E-state index in [2.05, 4.69) is 20.1 Å². The summed E-state index contributed by atoms with van der Waals surface area (Å²) in [5, 5.41) is 4.37. The number of carbonyl (C=O) groups excluding carboxylic acids is 2. The molecule has 1 fully saturated rings. The number of carbonyl (C=O) groups is 2. The van der Waals surface area contributed by atoms with Gasteiger partial charge >= 0.3 is 0 Å². The molecule has 0 aliphatic carbocycles. The molecule has 0 saturated carbocycles. The molecule has 1 saturated heterocycles. The summed E-state index contributed by atoms with van der Waals surface area (Å²) in [7, 11) is 3.38. The van der Waals surface area contributed by atoms with Crippen LogP contribution in [0.2, 0.25) is 0 Å². The van der Waals surface area contributed by atoms with Crippen LogP contribution in [-0.2, 0) is 0 Å². The van der Waals surface area contributed by atoms with Crippen LogP contribution in [0, 0.1) is 0 Å². The molecule has 0 spiro atoms. The van der Waals surface area contributed by atoms with Gasteiger partial charge in [0.25, 0.3) is 11.8 Å². The van der Waals surface area contributed by atoms with Crippen molar-refractivity contribution in [3.8, 4) is 0 Å². The highest BCUT2D eigenvalue weighted by Gasteiger charge is 2.33. The van der Waals surface area contributed by atoms with Gasteiger partial charge in [0.15, 0.2) is 5.65 Å². The summed E-state index contributed by atoms with van der Waals surface area (Å²) in [5.74, 6) is -0.319. The lowest BCUT2D eigenvalue weighted by molar-refractivity contribution is 0.0724. The van der Waals surface area contributed by atoms with Gasteiger partial charge in [-0.1, -0.05) is 0 Å². The van der Waals surface area contributed by atoms with Gasteiger partial charge in [-0.3, -0.25) is 14.6 Å². The molecular weight excluding hydrogens is 346 g/mol. The second-order valence-corrected chi connectivity index (χ2v) is 6.61. The number of hydrogen-bond acceptors (Lipinski definition) is 6. The summed E-state index contributed by atoms with van der Waals surface area (Å²) in [5.41, 5.74) is 2.07. The molecule has 0 radical (unpaired) electrons. The molecule has 0 N–H and O–H groups in total. The maximum absolute atomic E-state index is 12.9. The van der Waals surface area contributed by atoms with Crippen LogP contribution in [0.1, 0.15) is 45.4 Å². The smallest absolute Gasteiger partial charge is 0.274 e. The first kappa shape index (κ1) is 17.1. The molecule has 1 aliphatic heterocycles. The molecular formula is C18H19N7O2. The second-order valence-electron chi connectivity index (χ2n) is 6.61. The molecule has 138 valence electrons. The average Bonchev–Trinajstić information content (AvgIpc) is 3.34. The first-order valence-electron chi connectivity index (χ1n) is 8.69. The van der Waals surface area contributed by atoms with Crippen molar-refractivity contribution in [1.82, 2.24) is 34.4 Å². The quantitative estimate of drug-likeness (QED) is 0.692. The Labute approximate surface area is 155 Å². The number of nitrogens with zero attached hydrogens (tertiary/aromatic N) is 7. The molecule has 0 bridgehead atoms. The van der Waals surface area contributed by atoms with Gasteiger partial charge in [0.1, 0.15) is 11.3 Å². The zero-order valence-corrected chi connectivity index (χ0v) is 15.1. The lowest BCUT2D eigenvalue weighted by Gasteiger charge is -2.24. The lowest BCUT2D eigenvalue weighted by Crippen LogP contribution is -2.32. The molecule has 3 aromatic heterocycles. The summed E-state index contributed by atoms with van der Waals surface area (Å²) in [6, 6.07) is 1.68. The molecule has 3 aromatic rings. The first-order valence-corrected chi connectivity index (χ1v) is 8.69. The van der Waals surface area contributed by atoms with E-state index < -0.39 is 0 Å². The van der Waals surface area contributed by atoms with E-state index in [1.807, 2.05) is 6.07 Å². The Morgan fingerprint density at radius 1 is 1.15 bits per heavy atom. The van der Waals surface area contributed by atoms with Crippen LogP contribution in [0.5, 0.6) is 0 Å². The van der Waals surface area contributed by atoms with Crippen LogP contribution >= 0.6 is 0 Å². The van der Waals surface area contributed by atoms with Crippen LogP contribution < -0.4 is 0 Å². The third kappa shape index (κ3) is 2.90. The van der Waals surface area contributed by atoms with Crippen molar-refractivity contribution in [2.24, 2.45) is 0 Å². The summed E-state index contributed by atoms with van der Waals surface area (Å²) in [6.07, 6.45) is 9.39. The minimum Gasteiger partial charge on any atom is -0.345 e. The number of aromatic nitrogens is 5. The summed E-state index contributed by atoms with van der Waals surface area (Å²) in [6.45, 7) is 0.634. The van der Waals surface area contributed by atoms with Crippen LogP contribution in [0.4, 0.5) is 0 Å². The van der Waals surface area contributed by atoms with Crippen molar-refractivity contribution in [2.75, 3.05) is 20.6 Å². The first-order chi connectivity index (χ1) is 13.1. The number of fused-ring (bicyclic) bond motifs is 1. The number of likely N-dealkylation sites (tertiary alicyclic amines) is 1. The fourth-order valence-electron chi connectivity index (χ4n) is 3.43. The zero-order valence-electron chi connectivity index (χ0n) is 15.1. The maximum Gasteiger partial charge on any atom is 0.274 e. The minimum absolute atomic E-state index is 0.159. The molecule has 27 heavy (non-hydrogen) atoms. The average molecular weight is 365 g/mol. The van der Waals surface area contributed by atoms with Gasteiger partial charge in [0, 0.05) is 39.2 Å². The van der Waals surface area contributed by atoms with Gasteiger partial charge in [-0.2, -0.15) is 5.10 Å². The van der Waals surface area contributed by atoms with Gasteiger partial charge < -0.3 is 9.80 Å². The Morgan fingerprint density at radius 3 is 2.74 bits per heavy atom. The predicted octanol–water partition coefficient (Wildman–Crippen LogP) is 1.20. The molecule has 0 unspecified atom stereocenters. The van der Waals surface area contributed by atoms with Crippen LogP contribution in [0.3, 0.4) is 0 Å². The van der Waals surface area contributed by atoms with Gasteiger partial charge in [-0.25, -0.2) is 14.5 Å². The normalized spacial score (nSPS) is 16.7. The summed E-state index contributed by atoms with van der Waals surface area (Å²) >= 11 is 0. The Bertz CT molecular complexity index is 999. The Morgan fingerprint density at radius 2 is 2.00 bits per heavy atom. The van der Waals surface area contributed by atoms with E-state index in [1.54, 1.807) is 29.7 Å². The number of rotatable bonds is 3. The molecule has 1 atom stereocenters. The molecule has 2 amide bonds.